The van der Waals surface area contributed by atoms with Gasteiger partial charge in [0.2, 0.25) is 0 Å². The average Bonchev–Trinajstić information content (AvgIpc) is 2.70. The monoisotopic (exact) mass is 166 g/mol. The van der Waals surface area contributed by atoms with Crippen molar-refractivity contribution in [2.75, 3.05) is 19.6 Å². The van der Waals surface area contributed by atoms with Gasteiger partial charge in [-0.2, -0.15) is 0 Å². The van der Waals surface area contributed by atoms with Crippen LogP contribution in [0.1, 0.15) is 19.8 Å². The Bertz CT molecular complexity index is 161. The van der Waals surface area contributed by atoms with Gasteiger partial charge in [-0.25, -0.2) is 0 Å². The van der Waals surface area contributed by atoms with Crippen LogP contribution in [-0.2, 0) is 0 Å². The summed E-state index contributed by atoms with van der Waals surface area (Å²) in [5.41, 5.74) is 5.71. The fourth-order valence-electron chi connectivity index (χ4n) is 1.41. The van der Waals surface area contributed by atoms with Gasteiger partial charge in [-0.3, -0.25) is 4.90 Å². The lowest BCUT2D eigenvalue weighted by Crippen LogP contribution is -2.37. The molecule has 0 spiro atoms. The molecule has 0 aromatic rings. The molecule has 1 saturated carbocycles. The fraction of sp³-hybridized carbons (Fsp3) is 0.800. The van der Waals surface area contributed by atoms with Crippen LogP contribution in [0.25, 0.3) is 0 Å². The van der Waals surface area contributed by atoms with E-state index < -0.39 is 0 Å². The maximum absolute atomic E-state index is 5.71. The quantitative estimate of drug-likeness (QED) is 0.609. The lowest BCUT2D eigenvalue weighted by Gasteiger charge is -2.21. The second-order valence-electron chi connectivity index (χ2n) is 3.82. The predicted molar refractivity (Wildman–Crippen MR) is 51.6 cm³/mol. The van der Waals surface area contributed by atoms with Crippen LogP contribution >= 0.6 is 0 Å². The van der Waals surface area contributed by atoms with E-state index in [0.29, 0.717) is 0 Å². The first-order valence-corrected chi connectivity index (χ1v) is 4.63. The smallest absolute Gasteiger partial charge is 0.0599 e. The maximum Gasteiger partial charge on any atom is 0.0599 e. The summed E-state index contributed by atoms with van der Waals surface area (Å²) in [6.45, 7) is 4.85. The standard InChI is InChI=1S/C10H18N2/c1-3-6-12(7-9(2)11)8-10-4-5-10/h1,9-10H,4-8,11H2,2H3. The van der Waals surface area contributed by atoms with Gasteiger partial charge in [0.1, 0.15) is 0 Å². The Morgan fingerprint density at radius 3 is 2.75 bits per heavy atom. The fourth-order valence-corrected chi connectivity index (χ4v) is 1.41. The minimum Gasteiger partial charge on any atom is -0.327 e. The Morgan fingerprint density at radius 1 is 1.67 bits per heavy atom. The van der Waals surface area contributed by atoms with Gasteiger partial charge in [0, 0.05) is 19.1 Å². The third-order valence-corrected chi connectivity index (χ3v) is 2.07. The lowest BCUT2D eigenvalue weighted by molar-refractivity contribution is 0.280. The van der Waals surface area contributed by atoms with Crippen molar-refractivity contribution >= 4 is 0 Å². The van der Waals surface area contributed by atoms with Crippen LogP contribution in [0.15, 0.2) is 0 Å². The zero-order valence-corrected chi connectivity index (χ0v) is 7.79. The summed E-state index contributed by atoms with van der Waals surface area (Å²) in [5, 5.41) is 0. The van der Waals surface area contributed by atoms with Crippen LogP contribution < -0.4 is 5.73 Å². The van der Waals surface area contributed by atoms with Crippen molar-refractivity contribution in [2.45, 2.75) is 25.8 Å². The highest BCUT2D eigenvalue weighted by Gasteiger charge is 2.23. The van der Waals surface area contributed by atoms with Gasteiger partial charge in [0.05, 0.1) is 6.54 Å². The largest absolute Gasteiger partial charge is 0.327 e. The van der Waals surface area contributed by atoms with Gasteiger partial charge in [0.25, 0.3) is 0 Å². The van der Waals surface area contributed by atoms with Crippen molar-refractivity contribution < 1.29 is 0 Å². The van der Waals surface area contributed by atoms with E-state index in [1.54, 1.807) is 0 Å². The Hall–Kier alpha value is -0.520. The van der Waals surface area contributed by atoms with Gasteiger partial charge >= 0.3 is 0 Å². The molecule has 2 N–H and O–H groups in total. The van der Waals surface area contributed by atoms with E-state index in [1.807, 2.05) is 6.92 Å². The van der Waals surface area contributed by atoms with E-state index in [4.69, 9.17) is 12.2 Å². The first-order valence-electron chi connectivity index (χ1n) is 4.63. The van der Waals surface area contributed by atoms with E-state index in [9.17, 15) is 0 Å². The Morgan fingerprint density at radius 2 is 2.33 bits per heavy atom. The summed E-state index contributed by atoms with van der Waals surface area (Å²) in [4.78, 5) is 2.28. The van der Waals surface area contributed by atoms with Crippen molar-refractivity contribution in [3.8, 4) is 12.3 Å². The molecular weight excluding hydrogens is 148 g/mol. The molecule has 0 aliphatic heterocycles. The van der Waals surface area contributed by atoms with Crippen LogP contribution in [0.3, 0.4) is 0 Å². The molecular formula is C10H18N2. The summed E-state index contributed by atoms with van der Waals surface area (Å²) in [6.07, 6.45) is 8.02. The lowest BCUT2D eigenvalue weighted by atomic mass is 10.3. The highest BCUT2D eigenvalue weighted by atomic mass is 15.1. The zero-order chi connectivity index (χ0) is 8.97. The Kier molecular flexibility index (Phi) is 3.58. The highest BCUT2D eigenvalue weighted by molar-refractivity contribution is 4.90. The van der Waals surface area contributed by atoms with E-state index in [2.05, 4.69) is 10.8 Å². The topological polar surface area (TPSA) is 29.3 Å². The molecule has 0 aromatic heterocycles. The summed E-state index contributed by atoms with van der Waals surface area (Å²) in [6, 6.07) is 0.233. The SMILES string of the molecule is C#CCN(CC(C)N)CC1CC1. The second-order valence-corrected chi connectivity index (χ2v) is 3.82. The van der Waals surface area contributed by atoms with Gasteiger partial charge in [-0.05, 0) is 25.7 Å². The van der Waals surface area contributed by atoms with Crippen molar-refractivity contribution in [1.82, 2.24) is 4.90 Å². The van der Waals surface area contributed by atoms with Crippen LogP contribution in [-0.4, -0.2) is 30.6 Å². The molecule has 0 radical (unpaired) electrons. The molecule has 1 rings (SSSR count). The zero-order valence-electron chi connectivity index (χ0n) is 7.79. The number of hydrogen-bond donors (Lipinski definition) is 1. The number of terminal acetylenes is 1. The summed E-state index contributed by atoms with van der Waals surface area (Å²) >= 11 is 0. The van der Waals surface area contributed by atoms with Crippen molar-refractivity contribution in [1.29, 1.82) is 0 Å². The van der Waals surface area contributed by atoms with Gasteiger partial charge in [-0.1, -0.05) is 5.92 Å². The van der Waals surface area contributed by atoms with Crippen molar-refractivity contribution in [3.63, 3.8) is 0 Å². The third-order valence-electron chi connectivity index (χ3n) is 2.07. The Balaban J connectivity index is 2.21. The van der Waals surface area contributed by atoms with E-state index in [-0.39, 0.29) is 6.04 Å². The van der Waals surface area contributed by atoms with Crippen LogP contribution in [0.2, 0.25) is 0 Å². The first kappa shape index (κ1) is 9.57. The maximum atomic E-state index is 5.71. The average molecular weight is 166 g/mol. The molecule has 1 aliphatic rings. The first-order chi connectivity index (χ1) is 5.72. The molecule has 0 saturated heterocycles. The van der Waals surface area contributed by atoms with Crippen LogP contribution in [0.5, 0.6) is 0 Å². The molecule has 0 aromatic carbocycles. The molecule has 1 fully saturated rings. The molecule has 1 unspecified atom stereocenters. The molecule has 2 heteroatoms. The van der Waals surface area contributed by atoms with E-state index >= 15 is 0 Å². The summed E-state index contributed by atoms with van der Waals surface area (Å²) in [7, 11) is 0. The number of rotatable bonds is 5. The van der Waals surface area contributed by atoms with Crippen molar-refractivity contribution in [3.05, 3.63) is 0 Å². The van der Waals surface area contributed by atoms with Crippen molar-refractivity contribution in [2.24, 2.45) is 11.7 Å². The molecule has 0 bridgehead atoms. The third kappa shape index (κ3) is 3.75. The predicted octanol–water partition coefficient (Wildman–Crippen LogP) is 0.679. The van der Waals surface area contributed by atoms with Crippen LogP contribution in [0, 0.1) is 18.3 Å². The number of hydrogen-bond acceptors (Lipinski definition) is 2. The van der Waals surface area contributed by atoms with E-state index in [1.165, 1.54) is 12.8 Å². The number of nitrogens with two attached hydrogens (primary N) is 1. The highest BCUT2D eigenvalue weighted by Crippen LogP contribution is 2.29. The van der Waals surface area contributed by atoms with Gasteiger partial charge in [0.15, 0.2) is 0 Å². The molecule has 0 amide bonds. The molecule has 68 valence electrons. The molecule has 1 aliphatic carbocycles. The summed E-state index contributed by atoms with van der Waals surface area (Å²) in [5.74, 6) is 3.58. The minimum atomic E-state index is 0.233. The van der Waals surface area contributed by atoms with Gasteiger partial charge in [-0.15, -0.1) is 6.42 Å². The molecule has 12 heavy (non-hydrogen) atoms. The number of nitrogens with zero attached hydrogens (tertiary/aromatic N) is 1. The molecule has 2 nitrogen and oxygen atoms in total. The Labute approximate surface area is 75.1 Å². The van der Waals surface area contributed by atoms with Gasteiger partial charge < -0.3 is 5.73 Å². The second kappa shape index (κ2) is 4.49. The molecule has 1 atom stereocenters. The minimum absolute atomic E-state index is 0.233. The van der Waals surface area contributed by atoms with E-state index in [0.717, 1.165) is 25.6 Å². The van der Waals surface area contributed by atoms with Crippen LogP contribution in [0.4, 0.5) is 0 Å². The molecule has 0 heterocycles. The summed E-state index contributed by atoms with van der Waals surface area (Å²) < 4.78 is 0. The normalized spacial score (nSPS) is 19.2.